The van der Waals surface area contributed by atoms with Crippen LogP contribution in [0, 0.1) is 0 Å². The topological polar surface area (TPSA) is 54.5 Å². The number of amides is 1. The lowest BCUT2D eigenvalue weighted by molar-refractivity contribution is 0.0983. The largest absolute Gasteiger partial charge is 0.300 e. The molecule has 1 amide bonds. The van der Waals surface area contributed by atoms with Crippen molar-refractivity contribution in [3.8, 4) is 0 Å². The number of nitrogens with zero attached hydrogens (tertiary/aromatic N) is 1. The molecule has 1 aliphatic rings. The van der Waals surface area contributed by atoms with Crippen molar-refractivity contribution in [3.63, 3.8) is 0 Å². The Bertz CT molecular complexity index is 884. The number of anilines is 1. The minimum Gasteiger partial charge on any atom is -0.300 e. The second-order valence-corrected chi connectivity index (χ2v) is 8.44. The predicted octanol–water partition coefficient (Wildman–Crippen LogP) is 3.77. The van der Waals surface area contributed by atoms with Gasteiger partial charge < -0.3 is 4.90 Å². The molecule has 4 nitrogen and oxygen atoms in total. The quantitative estimate of drug-likeness (QED) is 0.839. The smallest absolute Gasteiger partial charge is 0.258 e. The molecule has 2 aromatic rings. The molecule has 0 saturated heterocycles. The molecule has 0 aliphatic carbocycles. The molecule has 3 rings (SSSR count). The average Bonchev–Trinajstić information content (AvgIpc) is 2.96. The van der Waals surface area contributed by atoms with Gasteiger partial charge >= 0.3 is 0 Å². The highest BCUT2D eigenvalue weighted by atomic mass is 32.2. The Kier molecular flexibility index (Phi) is 4.77. The van der Waals surface area contributed by atoms with Crippen molar-refractivity contribution in [1.82, 2.24) is 0 Å². The zero-order chi connectivity index (χ0) is 18.0. The third kappa shape index (κ3) is 3.82. The molecule has 0 N–H and O–H groups in total. The number of carbonyl (C=O) groups is 1. The van der Waals surface area contributed by atoms with Crippen LogP contribution in [-0.2, 0) is 9.84 Å². The normalized spacial score (nSPS) is 18.4. The van der Waals surface area contributed by atoms with Crippen LogP contribution in [0.5, 0.6) is 0 Å². The molecule has 1 atom stereocenters. The Hall–Kier alpha value is -2.40. The van der Waals surface area contributed by atoms with E-state index < -0.39 is 15.9 Å². The first-order chi connectivity index (χ1) is 11.9. The Labute approximate surface area is 148 Å². The van der Waals surface area contributed by atoms with Crippen LogP contribution in [0.25, 0.3) is 0 Å². The predicted molar refractivity (Wildman–Crippen MR) is 100 cm³/mol. The van der Waals surface area contributed by atoms with Crippen molar-refractivity contribution in [2.45, 2.75) is 25.8 Å². The third-order valence-electron chi connectivity index (χ3n) is 4.32. The first kappa shape index (κ1) is 17.4. The molecule has 0 aromatic heterocycles. The molecule has 1 aliphatic heterocycles. The van der Waals surface area contributed by atoms with E-state index in [0.29, 0.717) is 17.2 Å². The van der Waals surface area contributed by atoms with Gasteiger partial charge in [0.15, 0.2) is 9.84 Å². The van der Waals surface area contributed by atoms with Crippen LogP contribution in [-0.4, -0.2) is 26.1 Å². The van der Waals surface area contributed by atoms with Crippen LogP contribution in [0.1, 0.15) is 35.7 Å². The SMILES string of the molecule is CC(C)c1ccc(N(C(=O)c2ccccc2)[C@@H]2C=CS(=O)(=O)C2)cc1. The zero-order valence-corrected chi connectivity index (χ0v) is 15.1. The summed E-state index contributed by atoms with van der Waals surface area (Å²) in [6.07, 6.45) is 1.59. The van der Waals surface area contributed by atoms with Gasteiger partial charge in [-0.05, 0) is 41.8 Å². The average molecular weight is 355 g/mol. The summed E-state index contributed by atoms with van der Waals surface area (Å²) in [5, 5.41) is 1.20. The summed E-state index contributed by atoms with van der Waals surface area (Å²) in [4.78, 5) is 14.6. The molecule has 0 saturated carbocycles. The first-order valence-corrected chi connectivity index (χ1v) is 9.98. The second-order valence-electron chi connectivity index (χ2n) is 6.51. The molecular formula is C20H21NO3S. The van der Waals surface area contributed by atoms with E-state index in [9.17, 15) is 13.2 Å². The van der Waals surface area contributed by atoms with Gasteiger partial charge in [-0.15, -0.1) is 0 Å². The fourth-order valence-electron chi connectivity index (χ4n) is 2.92. The molecule has 25 heavy (non-hydrogen) atoms. The van der Waals surface area contributed by atoms with E-state index in [2.05, 4.69) is 13.8 Å². The summed E-state index contributed by atoms with van der Waals surface area (Å²) < 4.78 is 23.7. The summed E-state index contributed by atoms with van der Waals surface area (Å²) in [6.45, 7) is 4.21. The molecule has 2 aromatic carbocycles. The van der Waals surface area contributed by atoms with Crippen molar-refractivity contribution in [3.05, 3.63) is 77.2 Å². The maximum atomic E-state index is 13.1. The van der Waals surface area contributed by atoms with E-state index in [1.54, 1.807) is 35.2 Å². The molecular weight excluding hydrogens is 334 g/mol. The van der Waals surface area contributed by atoms with Gasteiger partial charge in [-0.25, -0.2) is 8.42 Å². The maximum absolute atomic E-state index is 13.1. The lowest BCUT2D eigenvalue weighted by atomic mass is 10.0. The number of sulfone groups is 1. The van der Waals surface area contributed by atoms with Crippen LogP contribution < -0.4 is 4.90 Å². The highest BCUT2D eigenvalue weighted by Crippen LogP contribution is 2.26. The molecule has 5 heteroatoms. The minimum atomic E-state index is -3.26. The molecule has 0 radical (unpaired) electrons. The third-order valence-corrected chi connectivity index (χ3v) is 5.70. The van der Waals surface area contributed by atoms with E-state index in [4.69, 9.17) is 0 Å². The Morgan fingerprint density at radius 1 is 1.04 bits per heavy atom. The van der Waals surface area contributed by atoms with Gasteiger partial charge in [-0.2, -0.15) is 0 Å². The summed E-state index contributed by atoms with van der Waals surface area (Å²) >= 11 is 0. The van der Waals surface area contributed by atoms with E-state index in [0.717, 1.165) is 0 Å². The van der Waals surface area contributed by atoms with Crippen molar-refractivity contribution < 1.29 is 13.2 Å². The molecule has 130 valence electrons. The van der Waals surface area contributed by atoms with Gasteiger partial charge in [0.2, 0.25) is 0 Å². The number of benzene rings is 2. The van der Waals surface area contributed by atoms with Gasteiger partial charge in [0, 0.05) is 16.7 Å². The molecule has 0 unspecified atom stereocenters. The van der Waals surface area contributed by atoms with Crippen molar-refractivity contribution in [1.29, 1.82) is 0 Å². The van der Waals surface area contributed by atoms with Gasteiger partial charge in [0.25, 0.3) is 5.91 Å². The van der Waals surface area contributed by atoms with Crippen LogP contribution in [0.15, 0.2) is 66.1 Å². The number of carbonyl (C=O) groups excluding carboxylic acids is 1. The Balaban J connectivity index is 2.00. The van der Waals surface area contributed by atoms with Crippen molar-refractivity contribution in [2.24, 2.45) is 0 Å². The Morgan fingerprint density at radius 3 is 2.20 bits per heavy atom. The second kappa shape index (κ2) is 6.84. The molecule has 0 spiro atoms. The standard InChI is InChI=1S/C20H21NO3S/c1-15(2)16-8-10-18(11-9-16)21(19-12-13-25(23,24)14-19)20(22)17-6-4-3-5-7-17/h3-13,15,19H,14H2,1-2H3/t19-/m1/s1. The summed E-state index contributed by atoms with van der Waals surface area (Å²) in [6, 6.07) is 16.2. The van der Waals surface area contributed by atoms with E-state index in [1.165, 1.54) is 11.0 Å². The molecule has 1 heterocycles. The lowest BCUT2D eigenvalue weighted by Crippen LogP contribution is -2.41. The molecule has 0 fully saturated rings. The fraction of sp³-hybridized carbons (Fsp3) is 0.250. The van der Waals surface area contributed by atoms with Crippen molar-refractivity contribution >= 4 is 21.4 Å². The number of hydrogen-bond acceptors (Lipinski definition) is 3. The van der Waals surface area contributed by atoms with Gasteiger partial charge in [0.1, 0.15) is 0 Å². The summed E-state index contributed by atoms with van der Waals surface area (Å²) in [5.74, 6) is 0.0982. The van der Waals surface area contributed by atoms with E-state index in [1.807, 2.05) is 30.3 Å². The first-order valence-electron chi connectivity index (χ1n) is 8.27. The highest BCUT2D eigenvalue weighted by Gasteiger charge is 2.31. The van der Waals surface area contributed by atoms with Crippen LogP contribution in [0.3, 0.4) is 0 Å². The van der Waals surface area contributed by atoms with Crippen molar-refractivity contribution in [2.75, 3.05) is 10.7 Å². The lowest BCUT2D eigenvalue weighted by Gasteiger charge is -2.28. The van der Waals surface area contributed by atoms with Crippen LogP contribution in [0.2, 0.25) is 0 Å². The Morgan fingerprint density at radius 2 is 1.68 bits per heavy atom. The number of hydrogen-bond donors (Lipinski definition) is 0. The summed E-state index contributed by atoms with van der Waals surface area (Å²) in [5.41, 5.74) is 2.41. The van der Waals surface area contributed by atoms with Crippen LogP contribution >= 0.6 is 0 Å². The van der Waals surface area contributed by atoms with E-state index in [-0.39, 0.29) is 11.7 Å². The summed E-state index contributed by atoms with van der Waals surface area (Å²) in [7, 11) is -3.26. The van der Waals surface area contributed by atoms with Gasteiger partial charge in [-0.3, -0.25) is 4.79 Å². The minimum absolute atomic E-state index is 0.0858. The molecule has 0 bridgehead atoms. The number of rotatable bonds is 4. The fourth-order valence-corrected chi connectivity index (χ4v) is 4.19. The maximum Gasteiger partial charge on any atom is 0.258 e. The monoisotopic (exact) mass is 355 g/mol. The van der Waals surface area contributed by atoms with E-state index >= 15 is 0 Å². The van der Waals surface area contributed by atoms with Gasteiger partial charge in [0.05, 0.1) is 11.8 Å². The zero-order valence-electron chi connectivity index (χ0n) is 14.3. The van der Waals surface area contributed by atoms with Crippen LogP contribution in [0.4, 0.5) is 5.69 Å². The van der Waals surface area contributed by atoms with Gasteiger partial charge in [-0.1, -0.05) is 44.2 Å². The highest BCUT2D eigenvalue weighted by molar-refractivity contribution is 7.94.